The number of nitrogens with one attached hydrogen (secondary N) is 1. The Balaban J connectivity index is 2.52. The van der Waals surface area contributed by atoms with Gasteiger partial charge in [-0.05, 0) is 25.3 Å². The number of aliphatic imine (C=N–C) groups is 1. The van der Waals surface area contributed by atoms with Crippen molar-refractivity contribution in [2.75, 3.05) is 0 Å². The average Bonchev–Trinajstić information content (AvgIpc) is 2.61. The van der Waals surface area contributed by atoms with Gasteiger partial charge in [-0.1, -0.05) is 50.6 Å². The van der Waals surface area contributed by atoms with E-state index in [0.29, 0.717) is 18.7 Å². The van der Waals surface area contributed by atoms with Gasteiger partial charge in [0.1, 0.15) is 5.56 Å². The number of hydrogen-bond acceptors (Lipinski definition) is 4. The molecular formula is C19H25N3O3. The Labute approximate surface area is 146 Å². The second-order valence-corrected chi connectivity index (χ2v) is 5.98. The molecule has 2 rings (SSSR count). The van der Waals surface area contributed by atoms with Gasteiger partial charge in [0.15, 0.2) is 0 Å². The lowest BCUT2D eigenvalue weighted by atomic mass is 10.1. The van der Waals surface area contributed by atoms with Crippen LogP contribution < -0.4 is 11.2 Å². The third-order valence-electron chi connectivity index (χ3n) is 4.16. The molecule has 0 bridgehead atoms. The molecule has 6 heteroatoms. The summed E-state index contributed by atoms with van der Waals surface area (Å²) in [5.41, 5.74) is 0.396. The van der Waals surface area contributed by atoms with Gasteiger partial charge in [-0.3, -0.25) is 19.3 Å². The number of hydrogen-bond donors (Lipinski definition) is 2. The zero-order valence-corrected chi connectivity index (χ0v) is 15.0. The van der Waals surface area contributed by atoms with Crippen LogP contribution in [0.15, 0.2) is 44.9 Å². The van der Waals surface area contributed by atoms with Crippen LogP contribution in [-0.4, -0.2) is 20.4 Å². The van der Waals surface area contributed by atoms with E-state index in [1.807, 2.05) is 51.1 Å². The van der Waals surface area contributed by atoms with E-state index in [-0.39, 0.29) is 17.5 Å². The highest BCUT2D eigenvalue weighted by Crippen LogP contribution is 2.20. The smallest absolute Gasteiger partial charge is 0.331 e. The van der Waals surface area contributed by atoms with Gasteiger partial charge >= 0.3 is 5.69 Å². The van der Waals surface area contributed by atoms with Crippen LogP contribution in [0.2, 0.25) is 0 Å². The molecule has 1 aromatic heterocycles. The first-order valence-electron chi connectivity index (χ1n) is 8.67. The van der Waals surface area contributed by atoms with E-state index in [2.05, 4.69) is 9.98 Å². The van der Waals surface area contributed by atoms with Crippen molar-refractivity contribution < 1.29 is 5.11 Å². The Morgan fingerprint density at radius 2 is 1.92 bits per heavy atom. The molecule has 0 amide bonds. The maximum absolute atomic E-state index is 12.3. The third kappa shape index (κ3) is 4.26. The number of H-pyrrole nitrogens is 1. The summed E-state index contributed by atoms with van der Waals surface area (Å²) in [5.74, 6) is -0.303. The maximum Gasteiger partial charge on any atom is 0.331 e. The van der Waals surface area contributed by atoms with Gasteiger partial charge in [0.05, 0.1) is 11.8 Å². The van der Waals surface area contributed by atoms with Gasteiger partial charge in [0.25, 0.3) is 5.56 Å². The predicted molar refractivity (Wildman–Crippen MR) is 99.6 cm³/mol. The van der Waals surface area contributed by atoms with Gasteiger partial charge in [-0.15, -0.1) is 0 Å². The molecule has 0 saturated heterocycles. The summed E-state index contributed by atoms with van der Waals surface area (Å²) in [6, 6.07) is 9.57. The highest BCUT2D eigenvalue weighted by atomic mass is 16.3. The van der Waals surface area contributed by atoms with Crippen LogP contribution in [0.25, 0.3) is 0 Å². The van der Waals surface area contributed by atoms with Gasteiger partial charge in [-0.2, -0.15) is 0 Å². The fraction of sp³-hybridized carbons (Fsp3) is 0.421. The number of aromatic amines is 1. The molecule has 1 atom stereocenters. The van der Waals surface area contributed by atoms with Crippen molar-refractivity contribution in [3.63, 3.8) is 0 Å². The summed E-state index contributed by atoms with van der Waals surface area (Å²) >= 11 is 0. The molecule has 0 aliphatic carbocycles. The number of aromatic nitrogens is 2. The summed E-state index contributed by atoms with van der Waals surface area (Å²) in [6.07, 6.45) is 2.08. The zero-order chi connectivity index (χ0) is 18.4. The molecule has 0 radical (unpaired) electrons. The van der Waals surface area contributed by atoms with E-state index >= 15 is 0 Å². The van der Waals surface area contributed by atoms with Gasteiger partial charge < -0.3 is 5.11 Å². The van der Waals surface area contributed by atoms with E-state index in [9.17, 15) is 14.7 Å². The van der Waals surface area contributed by atoms with Crippen LogP contribution in [0.5, 0.6) is 5.88 Å². The van der Waals surface area contributed by atoms with Crippen LogP contribution >= 0.6 is 0 Å². The third-order valence-corrected chi connectivity index (χ3v) is 4.16. The van der Waals surface area contributed by atoms with E-state index in [0.717, 1.165) is 18.4 Å². The van der Waals surface area contributed by atoms with Crippen LogP contribution in [0.3, 0.4) is 0 Å². The van der Waals surface area contributed by atoms with E-state index in [4.69, 9.17) is 0 Å². The lowest BCUT2D eigenvalue weighted by Gasteiger charge is -2.14. The van der Waals surface area contributed by atoms with Crippen molar-refractivity contribution in [3.05, 3.63) is 62.3 Å². The van der Waals surface area contributed by atoms with Crippen LogP contribution in [0.4, 0.5) is 0 Å². The average molecular weight is 343 g/mol. The van der Waals surface area contributed by atoms with Crippen molar-refractivity contribution in [1.29, 1.82) is 0 Å². The minimum atomic E-state index is -0.601. The first kappa shape index (κ1) is 18.7. The van der Waals surface area contributed by atoms with Crippen molar-refractivity contribution >= 4 is 5.71 Å². The lowest BCUT2D eigenvalue weighted by molar-refractivity contribution is 0.394. The van der Waals surface area contributed by atoms with Crippen molar-refractivity contribution in [3.8, 4) is 5.88 Å². The minimum absolute atomic E-state index is 0.0842. The Hall–Kier alpha value is -2.63. The summed E-state index contributed by atoms with van der Waals surface area (Å²) < 4.78 is 1.21. The second kappa shape index (κ2) is 8.46. The summed E-state index contributed by atoms with van der Waals surface area (Å²) in [4.78, 5) is 31.2. The summed E-state index contributed by atoms with van der Waals surface area (Å²) in [5, 5.41) is 10.5. The number of rotatable bonds is 7. The molecule has 1 heterocycles. The second-order valence-electron chi connectivity index (χ2n) is 5.98. The monoisotopic (exact) mass is 343 g/mol. The van der Waals surface area contributed by atoms with Gasteiger partial charge in [-0.25, -0.2) is 4.79 Å². The molecule has 0 spiro atoms. The molecule has 0 fully saturated rings. The number of benzene rings is 1. The normalized spacial score (nSPS) is 13.0. The Bertz CT molecular complexity index is 850. The van der Waals surface area contributed by atoms with Gasteiger partial charge in [0, 0.05) is 6.54 Å². The molecule has 134 valence electrons. The van der Waals surface area contributed by atoms with E-state index < -0.39 is 11.2 Å². The summed E-state index contributed by atoms with van der Waals surface area (Å²) in [7, 11) is 0. The molecular weight excluding hydrogens is 318 g/mol. The fourth-order valence-electron chi connectivity index (χ4n) is 2.72. The first-order chi connectivity index (χ1) is 12.0. The lowest BCUT2D eigenvalue weighted by Crippen LogP contribution is -2.34. The predicted octanol–water partition coefficient (Wildman–Crippen LogP) is 3.00. The summed E-state index contributed by atoms with van der Waals surface area (Å²) in [6.45, 7) is 6.16. The topological polar surface area (TPSA) is 87.4 Å². The van der Waals surface area contributed by atoms with Crippen LogP contribution in [0, 0.1) is 0 Å². The van der Waals surface area contributed by atoms with Gasteiger partial charge in [0.2, 0.25) is 5.88 Å². The molecule has 2 N–H and O–H groups in total. The Morgan fingerprint density at radius 3 is 2.52 bits per heavy atom. The number of nitrogens with zero attached hydrogens (tertiary/aromatic N) is 2. The Kier molecular flexibility index (Phi) is 6.33. The Morgan fingerprint density at radius 1 is 1.24 bits per heavy atom. The molecule has 0 aliphatic heterocycles. The molecule has 0 saturated carbocycles. The number of aromatic hydroxyl groups is 1. The van der Waals surface area contributed by atoms with Crippen molar-refractivity contribution in [2.45, 2.75) is 52.6 Å². The van der Waals surface area contributed by atoms with Crippen LogP contribution in [-0.2, 0) is 6.54 Å². The molecule has 2 aromatic rings. The SMILES string of the molecule is CCCCn1c(O)c(C(CC)=N[C@H](C)c2ccccc2)c(=O)[nH]c1=O. The molecule has 6 nitrogen and oxygen atoms in total. The van der Waals surface area contributed by atoms with E-state index in [1.165, 1.54) is 4.57 Å². The zero-order valence-electron chi connectivity index (χ0n) is 15.0. The van der Waals surface area contributed by atoms with Crippen molar-refractivity contribution in [1.82, 2.24) is 9.55 Å². The molecule has 0 aliphatic rings. The van der Waals surface area contributed by atoms with Crippen LogP contribution in [0.1, 0.15) is 57.2 Å². The minimum Gasteiger partial charge on any atom is -0.494 e. The largest absolute Gasteiger partial charge is 0.494 e. The first-order valence-corrected chi connectivity index (χ1v) is 8.67. The standard InChI is InChI=1S/C19H25N3O3/c1-4-6-12-22-18(24)16(17(23)21-19(22)25)15(5-2)20-13(3)14-10-8-7-9-11-14/h7-11,13,24H,4-6,12H2,1-3H3,(H,21,23,25)/t13-/m1/s1. The molecule has 0 unspecified atom stereocenters. The molecule has 1 aromatic carbocycles. The number of unbranched alkanes of at least 4 members (excludes halogenated alkanes) is 1. The highest BCUT2D eigenvalue weighted by molar-refractivity contribution is 6.02. The molecule has 25 heavy (non-hydrogen) atoms. The quantitative estimate of drug-likeness (QED) is 0.758. The highest BCUT2D eigenvalue weighted by Gasteiger charge is 2.19. The van der Waals surface area contributed by atoms with Crippen molar-refractivity contribution in [2.24, 2.45) is 4.99 Å². The maximum atomic E-state index is 12.3. The fourth-order valence-corrected chi connectivity index (χ4v) is 2.72. The van der Waals surface area contributed by atoms with E-state index in [1.54, 1.807) is 0 Å².